The van der Waals surface area contributed by atoms with Crippen LogP contribution in [0.3, 0.4) is 0 Å². The van der Waals surface area contributed by atoms with E-state index >= 15 is 0 Å². The Morgan fingerprint density at radius 3 is 3.06 bits per heavy atom. The third-order valence-electron chi connectivity index (χ3n) is 2.24. The lowest BCUT2D eigenvalue weighted by atomic mass is 10.3. The number of hydrogen-bond acceptors (Lipinski definition) is 3. The maximum atomic E-state index is 11.4. The molecule has 1 aromatic heterocycles. The van der Waals surface area contributed by atoms with Crippen molar-refractivity contribution in [3.05, 3.63) is 29.8 Å². The molecule has 0 spiro atoms. The number of aromatic amines is 1. The highest BCUT2D eigenvalue weighted by molar-refractivity contribution is 8.00. The molecule has 6 heteroatoms. The molecule has 5 nitrogen and oxygen atoms in total. The highest BCUT2D eigenvalue weighted by atomic mass is 32.2. The fraction of sp³-hybridized carbons (Fsp3) is 0.182. The minimum absolute atomic E-state index is 0.252. The molecule has 1 heterocycles. The van der Waals surface area contributed by atoms with Crippen molar-refractivity contribution in [1.29, 1.82) is 0 Å². The normalized spacial score (nSPS) is 12.1. The molecule has 1 atom stereocenters. The van der Waals surface area contributed by atoms with Crippen molar-refractivity contribution < 1.29 is 9.58 Å². The van der Waals surface area contributed by atoms with Crippen LogP contribution in [-0.2, 0) is 4.79 Å². The molecule has 17 heavy (non-hydrogen) atoms. The number of carbonyl (C=O) groups excluding carboxylic acids is 1. The maximum absolute atomic E-state index is 11.4. The number of fused-ring (bicyclic) bond motifs is 1. The Kier molecular flexibility index (Phi) is 3.37. The van der Waals surface area contributed by atoms with E-state index in [2.05, 4.69) is 14.8 Å². The van der Waals surface area contributed by atoms with E-state index in [-0.39, 0.29) is 11.0 Å². The predicted molar refractivity (Wildman–Crippen MR) is 66.1 cm³/mol. The van der Waals surface area contributed by atoms with Crippen molar-refractivity contribution in [3.63, 3.8) is 0 Å². The van der Waals surface area contributed by atoms with Crippen molar-refractivity contribution in [2.75, 3.05) is 0 Å². The monoisotopic (exact) mass is 246 g/mol. The van der Waals surface area contributed by atoms with Gasteiger partial charge in [-0.25, -0.2) is 4.98 Å². The van der Waals surface area contributed by atoms with E-state index in [1.807, 2.05) is 24.3 Å². The van der Waals surface area contributed by atoms with Gasteiger partial charge in [-0.2, -0.15) is 4.79 Å². The van der Waals surface area contributed by atoms with Crippen molar-refractivity contribution in [2.45, 2.75) is 17.3 Å². The Balaban J connectivity index is 2.18. The number of carbonyl (C=O) groups is 1. The fourth-order valence-corrected chi connectivity index (χ4v) is 2.20. The van der Waals surface area contributed by atoms with Gasteiger partial charge in [-0.1, -0.05) is 23.9 Å². The van der Waals surface area contributed by atoms with Crippen molar-refractivity contribution in [1.82, 2.24) is 9.97 Å². The van der Waals surface area contributed by atoms with E-state index in [9.17, 15) is 4.79 Å². The van der Waals surface area contributed by atoms with Crippen LogP contribution in [0.4, 0.5) is 0 Å². The first-order chi connectivity index (χ1) is 8.20. The quantitative estimate of drug-likeness (QED) is 0.387. The summed E-state index contributed by atoms with van der Waals surface area (Å²) in [7, 11) is 0. The number of rotatable bonds is 4. The number of imidazole rings is 1. The summed E-state index contributed by atoms with van der Waals surface area (Å²) < 4.78 is 0. The van der Waals surface area contributed by atoms with Gasteiger partial charge in [0.1, 0.15) is 0 Å². The summed E-state index contributed by atoms with van der Waals surface area (Å²) >= 11 is 1.30. The van der Waals surface area contributed by atoms with Gasteiger partial charge in [-0.3, -0.25) is 4.79 Å². The number of benzene rings is 1. The first-order valence-corrected chi connectivity index (χ1v) is 5.91. The van der Waals surface area contributed by atoms with Crippen LogP contribution < -0.4 is 0 Å². The third kappa shape index (κ3) is 2.61. The lowest BCUT2D eigenvalue weighted by Crippen LogP contribution is -2.14. The number of H-pyrrole nitrogens is 1. The summed E-state index contributed by atoms with van der Waals surface area (Å²) in [6, 6.07) is 7.65. The molecule has 0 saturated carbocycles. The summed E-state index contributed by atoms with van der Waals surface area (Å²) in [5, 5.41) is 0.338. The molecular formula is C11H10N4OS. The molecule has 2 rings (SSSR count). The number of thioether (sulfide) groups is 1. The summed E-state index contributed by atoms with van der Waals surface area (Å²) in [4.78, 5) is 21.6. The topological polar surface area (TPSA) is 82.2 Å². The zero-order valence-electron chi connectivity index (χ0n) is 9.12. The zero-order chi connectivity index (χ0) is 12.3. The maximum Gasteiger partial charge on any atom is 0.324 e. The first kappa shape index (κ1) is 11.6. The van der Waals surface area contributed by atoms with E-state index in [1.54, 1.807) is 6.92 Å². The summed E-state index contributed by atoms with van der Waals surface area (Å²) in [6.07, 6.45) is 0.903. The number of nitrogens with zero attached hydrogens (tertiary/aromatic N) is 3. The van der Waals surface area contributed by atoms with E-state index in [1.165, 1.54) is 11.8 Å². The van der Waals surface area contributed by atoms with Gasteiger partial charge in [0.15, 0.2) is 5.16 Å². The van der Waals surface area contributed by atoms with Gasteiger partial charge in [0.25, 0.3) is 0 Å². The van der Waals surface area contributed by atoms with Crippen LogP contribution in [0.2, 0.25) is 0 Å². The summed E-state index contributed by atoms with van der Waals surface area (Å²) in [5.74, 6) is -0.252. The standard InChI is InChI=1S/C11H10N4OS/c1-7(10(16)6-13-12)17-11-14-8-4-2-3-5-9(8)15-11/h2-7H,1H3,(H,14,15)/t7-/m0/s1. The molecule has 0 radical (unpaired) electrons. The predicted octanol–water partition coefficient (Wildman–Crippen LogP) is 1.91. The van der Waals surface area contributed by atoms with Gasteiger partial charge in [-0.15, -0.1) is 0 Å². The minimum Gasteiger partial charge on any atom is -0.361 e. The molecule has 1 aromatic carbocycles. The zero-order valence-corrected chi connectivity index (χ0v) is 9.94. The molecule has 0 bridgehead atoms. The molecule has 0 aliphatic rings. The van der Waals surface area contributed by atoms with Gasteiger partial charge in [-0.05, 0) is 19.1 Å². The molecule has 0 unspecified atom stereocenters. The first-order valence-electron chi connectivity index (χ1n) is 5.03. The average molecular weight is 246 g/mol. The fourth-order valence-electron chi connectivity index (χ4n) is 1.37. The van der Waals surface area contributed by atoms with E-state index in [0.717, 1.165) is 17.2 Å². The van der Waals surface area contributed by atoms with Crippen molar-refractivity contribution in [2.24, 2.45) is 0 Å². The third-order valence-corrected chi connectivity index (χ3v) is 3.24. The van der Waals surface area contributed by atoms with Crippen molar-refractivity contribution >= 4 is 34.8 Å². The van der Waals surface area contributed by atoms with Crippen LogP contribution in [0.25, 0.3) is 16.6 Å². The number of Topliss-reactive ketones (excluding diaryl/α,β-unsaturated/α-hetero) is 1. The largest absolute Gasteiger partial charge is 0.361 e. The average Bonchev–Trinajstić information content (AvgIpc) is 2.71. The molecule has 0 aliphatic heterocycles. The van der Waals surface area contributed by atoms with Gasteiger partial charge in [0.2, 0.25) is 5.78 Å². The Hall–Kier alpha value is -1.91. The molecule has 0 fully saturated rings. The number of nitrogens with one attached hydrogen (secondary N) is 1. The van der Waals surface area contributed by atoms with Gasteiger partial charge in [0, 0.05) is 0 Å². The number of aromatic nitrogens is 2. The molecular weight excluding hydrogens is 236 g/mol. The highest BCUT2D eigenvalue weighted by Gasteiger charge is 2.17. The lowest BCUT2D eigenvalue weighted by molar-refractivity contribution is -0.115. The van der Waals surface area contributed by atoms with Crippen LogP contribution in [0.1, 0.15) is 6.92 Å². The second kappa shape index (κ2) is 4.95. The second-order valence-electron chi connectivity index (χ2n) is 3.47. The molecule has 0 aliphatic carbocycles. The molecule has 0 saturated heterocycles. The smallest absolute Gasteiger partial charge is 0.324 e. The van der Waals surface area contributed by atoms with Crippen LogP contribution in [0.5, 0.6) is 0 Å². The van der Waals surface area contributed by atoms with Crippen LogP contribution in [-0.4, -0.2) is 32.0 Å². The van der Waals surface area contributed by atoms with E-state index in [0.29, 0.717) is 5.16 Å². The Morgan fingerprint density at radius 1 is 1.59 bits per heavy atom. The van der Waals surface area contributed by atoms with Crippen LogP contribution in [0, 0.1) is 0 Å². The number of ketones is 1. The van der Waals surface area contributed by atoms with E-state index < -0.39 is 0 Å². The second-order valence-corrected chi connectivity index (χ2v) is 4.80. The van der Waals surface area contributed by atoms with Gasteiger partial charge < -0.3 is 10.5 Å². The highest BCUT2D eigenvalue weighted by Crippen LogP contribution is 2.23. The van der Waals surface area contributed by atoms with Crippen LogP contribution in [0.15, 0.2) is 29.4 Å². The summed E-state index contributed by atoms with van der Waals surface area (Å²) in [5.41, 5.74) is 10.1. The summed E-state index contributed by atoms with van der Waals surface area (Å²) in [6.45, 7) is 1.74. The lowest BCUT2D eigenvalue weighted by Gasteiger charge is -2.00. The van der Waals surface area contributed by atoms with Gasteiger partial charge in [0.05, 0.1) is 16.3 Å². The molecule has 1 N–H and O–H groups in total. The van der Waals surface area contributed by atoms with E-state index in [4.69, 9.17) is 5.53 Å². The Labute approximate surface area is 102 Å². The number of para-hydroxylation sites is 2. The Bertz CT molecular complexity index is 567. The molecule has 2 aromatic rings. The minimum atomic E-state index is -0.341. The SMILES string of the molecule is C[C@H](Sc1nc2ccccc2[nH]1)C(=O)C=[N+]=[N-]. The van der Waals surface area contributed by atoms with Crippen molar-refractivity contribution in [3.8, 4) is 0 Å². The Morgan fingerprint density at radius 2 is 2.35 bits per heavy atom. The molecule has 86 valence electrons. The van der Waals surface area contributed by atoms with Gasteiger partial charge >= 0.3 is 6.21 Å². The van der Waals surface area contributed by atoms with Crippen LogP contribution >= 0.6 is 11.8 Å². The number of hydrogen-bond donors (Lipinski definition) is 1. The molecule has 0 amide bonds.